The highest BCUT2D eigenvalue weighted by molar-refractivity contribution is 5.77. The predicted octanol–water partition coefficient (Wildman–Crippen LogP) is 1.98. The molecule has 0 saturated carbocycles. The normalized spacial score (nSPS) is 19.9. The lowest BCUT2D eigenvalue weighted by Crippen LogP contribution is -2.41. The molecule has 1 amide bonds. The van der Waals surface area contributed by atoms with Crippen LogP contribution in [0.25, 0.3) is 0 Å². The van der Waals surface area contributed by atoms with Crippen LogP contribution in [0.4, 0.5) is 24.5 Å². The van der Waals surface area contributed by atoms with Crippen LogP contribution in [-0.2, 0) is 11.0 Å². The van der Waals surface area contributed by atoms with Crippen LogP contribution in [0.1, 0.15) is 18.4 Å². The first kappa shape index (κ1) is 13.5. The minimum Gasteiger partial charge on any atom is -0.398 e. The summed E-state index contributed by atoms with van der Waals surface area (Å²) in [5.74, 6) is -0.0358. The largest absolute Gasteiger partial charge is 0.418 e. The maximum atomic E-state index is 12.7. The van der Waals surface area contributed by atoms with Gasteiger partial charge in [-0.2, -0.15) is 13.2 Å². The molecule has 1 unspecified atom stereocenters. The molecule has 4 N–H and O–H groups in total. The zero-order valence-corrected chi connectivity index (χ0v) is 10.1. The summed E-state index contributed by atoms with van der Waals surface area (Å²) in [5, 5.41) is 5.63. The Labute approximate surface area is 108 Å². The van der Waals surface area contributed by atoms with E-state index in [1.807, 2.05) is 0 Å². The van der Waals surface area contributed by atoms with E-state index in [0.29, 0.717) is 25.1 Å². The summed E-state index contributed by atoms with van der Waals surface area (Å²) in [6.07, 6.45) is -3.50. The van der Waals surface area contributed by atoms with Crippen molar-refractivity contribution in [3.05, 3.63) is 23.8 Å². The van der Waals surface area contributed by atoms with Gasteiger partial charge in [0, 0.05) is 30.4 Å². The molecule has 0 aliphatic carbocycles. The Morgan fingerprint density at radius 2 is 2.11 bits per heavy atom. The molecule has 1 atom stereocenters. The Bertz CT molecular complexity index is 478. The van der Waals surface area contributed by atoms with Crippen molar-refractivity contribution in [3.63, 3.8) is 0 Å². The molecular weight excluding hydrogens is 259 g/mol. The number of carbonyl (C=O) groups is 1. The lowest BCUT2D eigenvalue weighted by Gasteiger charge is -2.25. The fourth-order valence-electron chi connectivity index (χ4n) is 1.98. The molecule has 1 aliphatic rings. The standard InChI is InChI=1S/C12H14F3N3O/c13-12(14,15)9-5-7(1-3-10(9)16)18-8-2-4-11(19)17-6-8/h1,3,5,8,18H,2,4,6,16H2,(H,17,19). The lowest BCUT2D eigenvalue weighted by molar-refractivity contribution is -0.136. The molecule has 2 rings (SSSR count). The van der Waals surface area contributed by atoms with E-state index in [4.69, 9.17) is 5.73 Å². The molecule has 1 fully saturated rings. The maximum Gasteiger partial charge on any atom is 0.418 e. The minimum atomic E-state index is -4.47. The topological polar surface area (TPSA) is 67.1 Å². The number of alkyl halides is 3. The monoisotopic (exact) mass is 273 g/mol. The molecule has 1 aromatic rings. The summed E-state index contributed by atoms with van der Waals surface area (Å²) in [7, 11) is 0. The quantitative estimate of drug-likeness (QED) is 0.722. The zero-order valence-electron chi connectivity index (χ0n) is 10.1. The van der Waals surface area contributed by atoms with Gasteiger partial charge in [0.25, 0.3) is 0 Å². The molecule has 1 aromatic carbocycles. The van der Waals surface area contributed by atoms with E-state index < -0.39 is 11.7 Å². The van der Waals surface area contributed by atoms with Crippen LogP contribution >= 0.6 is 0 Å². The van der Waals surface area contributed by atoms with Crippen LogP contribution < -0.4 is 16.4 Å². The highest BCUT2D eigenvalue weighted by Crippen LogP contribution is 2.35. The van der Waals surface area contributed by atoms with Crippen LogP contribution in [0.5, 0.6) is 0 Å². The van der Waals surface area contributed by atoms with Gasteiger partial charge in [-0.1, -0.05) is 0 Å². The Morgan fingerprint density at radius 3 is 2.68 bits per heavy atom. The second-order valence-electron chi connectivity index (χ2n) is 4.48. The molecule has 0 radical (unpaired) electrons. The number of carbonyl (C=O) groups excluding carboxylic acids is 1. The summed E-state index contributed by atoms with van der Waals surface area (Å²) in [6, 6.07) is 3.65. The van der Waals surface area contributed by atoms with Gasteiger partial charge in [0.2, 0.25) is 5.91 Å². The van der Waals surface area contributed by atoms with Crippen molar-refractivity contribution in [2.45, 2.75) is 25.1 Å². The third-order valence-electron chi connectivity index (χ3n) is 2.99. The van der Waals surface area contributed by atoms with Gasteiger partial charge >= 0.3 is 6.18 Å². The number of hydrogen-bond donors (Lipinski definition) is 3. The van der Waals surface area contributed by atoms with Gasteiger partial charge in [0.15, 0.2) is 0 Å². The van der Waals surface area contributed by atoms with Gasteiger partial charge in [0.1, 0.15) is 0 Å². The molecule has 0 aromatic heterocycles. The van der Waals surface area contributed by atoms with Gasteiger partial charge in [-0.25, -0.2) is 0 Å². The number of nitrogens with one attached hydrogen (secondary N) is 2. The number of halogens is 3. The highest BCUT2D eigenvalue weighted by Gasteiger charge is 2.33. The SMILES string of the molecule is Nc1ccc(NC2CCC(=O)NC2)cc1C(F)(F)F. The number of hydrogen-bond acceptors (Lipinski definition) is 3. The fraction of sp³-hybridized carbons (Fsp3) is 0.417. The average Bonchev–Trinajstić information content (AvgIpc) is 2.33. The van der Waals surface area contributed by atoms with Gasteiger partial charge in [-0.05, 0) is 24.6 Å². The Kier molecular flexibility index (Phi) is 3.55. The van der Waals surface area contributed by atoms with Crippen LogP contribution in [0.2, 0.25) is 0 Å². The summed E-state index contributed by atoms with van der Waals surface area (Å²) < 4.78 is 38.1. The van der Waals surface area contributed by atoms with Crippen LogP contribution in [0, 0.1) is 0 Å². The number of rotatable bonds is 2. The first-order valence-electron chi connectivity index (χ1n) is 5.86. The summed E-state index contributed by atoms with van der Waals surface area (Å²) >= 11 is 0. The molecule has 1 aliphatic heterocycles. The van der Waals surface area contributed by atoms with Crippen molar-refractivity contribution in [1.29, 1.82) is 0 Å². The number of anilines is 2. The van der Waals surface area contributed by atoms with Gasteiger partial charge in [-0.15, -0.1) is 0 Å². The summed E-state index contributed by atoms with van der Waals surface area (Å²) in [4.78, 5) is 11.0. The Balaban J connectivity index is 2.11. The second-order valence-corrected chi connectivity index (χ2v) is 4.48. The second kappa shape index (κ2) is 4.99. The van der Waals surface area contributed by atoms with Crippen molar-refractivity contribution in [2.75, 3.05) is 17.6 Å². The van der Waals surface area contributed by atoms with Crippen LogP contribution in [-0.4, -0.2) is 18.5 Å². The van der Waals surface area contributed by atoms with E-state index in [2.05, 4.69) is 10.6 Å². The molecular formula is C12H14F3N3O. The molecule has 104 valence electrons. The number of nitrogen functional groups attached to an aromatic ring is 1. The van der Waals surface area contributed by atoms with E-state index in [9.17, 15) is 18.0 Å². The van der Waals surface area contributed by atoms with E-state index >= 15 is 0 Å². The number of piperidine rings is 1. The number of benzene rings is 1. The molecule has 0 spiro atoms. The predicted molar refractivity (Wildman–Crippen MR) is 65.5 cm³/mol. The molecule has 0 bridgehead atoms. The lowest BCUT2D eigenvalue weighted by atomic mass is 10.1. The molecule has 1 heterocycles. The minimum absolute atomic E-state index is 0.0358. The van der Waals surface area contributed by atoms with Crippen molar-refractivity contribution in [1.82, 2.24) is 5.32 Å². The zero-order chi connectivity index (χ0) is 14.0. The number of nitrogens with two attached hydrogens (primary N) is 1. The van der Waals surface area contributed by atoms with E-state index in [0.717, 1.165) is 6.07 Å². The highest BCUT2D eigenvalue weighted by atomic mass is 19.4. The van der Waals surface area contributed by atoms with Gasteiger partial charge in [0.05, 0.1) is 5.56 Å². The van der Waals surface area contributed by atoms with Gasteiger partial charge in [-0.3, -0.25) is 4.79 Å². The maximum absolute atomic E-state index is 12.7. The first-order valence-corrected chi connectivity index (χ1v) is 5.86. The molecule has 4 nitrogen and oxygen atoms in total. The number of amides is 1. The van der Waals surface area contributed by atoms with Crippen molar-refractivity contribution in [3.8, 4) is 0 Å². The Hall–Kier alpha value is -1.92. The van der Waals surface area contributed by atoms with Crippen LogP contribution in [0.3, 0.4) is 0 Å². The first-order chi connectivity index (χ1) is 8.86. The molecule has 19 heavy (non-hydrogen) atoms. The van der Waals surface area contributed by atoms with E-state index in [1.165, 1.54) is 12.1 Å². The summed E-state index contributed by atoms with van der Waals surface area (Å²) in [5.41, 5.74) is 4.53. The smallest absolute Gasteiger partial charge is 0.398 e. The average molecular weight is 273 g/mol. The van der Waals surface area contributed by atoms with E-state index in [1.54, 1.807) is 0 Å². The van der Waals surface area contributed by atoms with Crippen molar-refractivity contribution in [2.24, 2.45) is 0 Å². The molecule has 7 heteroatoms. The van der Waals surface area contributed by atoms with Crippen molar-refractivity contribution >= 4 is 17.3 Å². The van der Waals surface area contributed by atoms with Crippen molar-refractivity contribution < 1.29 is 18.0 Å². The fourth-order valence-corrected chi connectivity index (χ4v) is 1.98. The van der Waals surface area contributed by atoms with Gasteiger partial charge < -0.3 is 16.4 Å². The van der Waals surface area contributed by atoms with Crippen LogP contribution in [0.15, 0.2) is 18.2 Å². The summed E-state index contributed by atoms with van der Waals surface area (Å²) in [6.45, 7) is 0.407. The molecule has 1 saturated heterocycles. The third kappa shape index (κ3) is 3.30. The Morgan fingerprint density at radius 1 is 1.37 bits per heavy atom. The third-order valence-corrected chi connectivity index (χ3v) is 2.99. The van der Waals surface area contributed by atoms with E-state index in [-0.39, 0.29) is 17.6 Å².